The predicted molar refractivity (Wildman–Crippen MR) is 60.6 cm³/mol. The maximum absolute atomic E-state index is 5.36. The monoisotopic (exact) mass is 234 g/mol. The van der Waals surface area contributed by atoms with E-state index in [1.807, 2.05) is 0 Å². The van der Waals surface area contributed by atoms with Gasteiger partial charge in [-0.05, 0) is 13.0 Å². The van der Waals surface area contributed by atoms with Crippen molar-refractivity contribution < 1.29 is 13.3 Å². The molecule has 6 heteroatoms. The summed E-state index contributed by atoms with van der Waals surface area (Å²) in [5, 5.41) is 3.31. The summed E-state index contributed by atoms with van der Waals surface area (Å²) in [6, 6.07) is 0.882. The van der Waals surface area contributed by atoms with Gasteiger partial charge in [-0.3, -0.25) is 4.90 Å². The molecule has 0 aromatic carbocycles. The molecular weight excluding hydrogens is 212 g/mol. The molecule has 0 saturated carbocycles. The fraction of sp³-hybridized carbons (Fsp3) is 1.00. The van der Waals surface area contributed by atoms with Crippen LogP contribution >= 0.6 is 0 Å². The summed E-state index contributed by atoms with van der Waals surface area (Å²) in [7, 11) is 2.65. The molecule has 5 nitrogen and oxygen atoms in total. The Morgan fingerprint density at radius 1 is 1.20 bits per heavy atom. The summed E-state index contributed by atoms with van der Waals surface area (Å²) in [5.74, 6) is 0. The molecule has 0 aromatic heterocycles. The average molecular weight is 234 g/mol. The Balaban J connectivity index is 2.21. The van der Waals surface area contributed by atoms with Gasteiger partial charge >= 0.3 is 8.80 Å². The highest BCUT2D eigenvalue weighted by molar-refractivity contribution is 6.60. The molecule has 0 radical (unpaired) electrons. The van der Waals surface area contributed by atoms with E-state index in [1.165, 1.54) is 0 Å². The topological polar surface area (TPSA) is 43.0 Å². The highest BCUT2D eigenvalue weighted by Crippen LogP contribution is 2.15. The van der Waals surface area contributed by atoms with Gasteiger partial charge in [-0.1, -0.05) is 0 Å². The van der Waals surface area contributed by atoms with Crippen LogP contribution in [-0.2, 0) is 13.3 Å². The van der Waals surface area contributed by atoms with E-state index in [2.05, 4.69) is 10.2 Å². The molecule has 1 fully saturated rings. The van der Waals surface area contributed by atoms with E-state index in [-0.39, 0.29) is 0 Å². The van der Waals surface area contributed by atoms with Gasteiger partial charge in [0, 0.05) is 47.1 Å². The molecule has 1 N–H and O–H groups in total. The third-order valence-corrected chi connectivity index (χ3v) is 5.66. The van der Waals surface area contributed by atoms with E-state index < -0.39 is 8.80 Å². The maximum atomic E-state index is 5.36. The number of hydrogen-bond acceptors (Lipinski definition) is 5. The third kappa shape index (κ3) is 3.82. The van der Waals surface area contributed by atoms with Crippen molar-refractivity contribution in [3.63, 3.8) is 0 Å². The molecule has 0 amide bonds. The van der Waals surface area contributed by atoms with Crippen LogP contribution in [0, 0.1) is 0 Å². The van der Waals surface area contributed by atoms with Crippen molar-refractivity contribution in [2.45, 2.75) is 12.5 Å². The Morgan fingerprint density at radius 3 is 2.33 bits per heavy atom. The van der Waals surface area contributed by atoms with E-state index in [4.69, 9.17) is 13.3 Å². The second-order valence-corrected chi connectivity index (χ2v) is 6.77. The van der Waals surface area contributed by atoms with Crippen LogP contribution in [0.3, 0.4) is 0 Å². The van der Waals surface area contributed by atoms with Crippen LogP contribution < -0.4 is 5.32 Å². The van der Waals surface area contributed by atoms with Crippen molar-refractivity contribution in [2.75, 3.05) is 47.6 Å². The number of hydrogen-bond donors (Lipinski definition) is 1. The normalized spacial score (nSPS) is 18.6. The van der Waals surface area contributed by atoms with E-state index >= 15 is 0 Å². The first kappa shape index (κ1) is 13.1. The van der Waals surface area contributed by atoms with Crippen molar-refractivity contribution in [3.05, 3.63) is 0 Å². The fourth-order valence-corrected chi connectivity index (χ4v) is 3.52. The Bertz CT molecular complexity index is 164. The first-order chi connectivity index (χ1) is 7.26. The van der Waals surface area contributed by atoms with Crippen LogP contribution in [0.4, 0.5) is 0 Å². The van der Waals surface area contributed by atoms with Crippen molar-refractivity contribution in [2.24, 2.45) is 0 Å². The van der Waals surface area contributed by atoms with Crippen LogP contribution in [-0.4, -0.2) is 61.3 Å². The van der Waals surface area contributed by atoms with E-state index in [1.54, 1.807) is 21.3 Å². The zero-order chi connectivity index (χ0) is 11.1. The Labute approximate surface area is 93.1 Å². The highest BCUT2D eigenvalue weighted by atomic mass is 28.4. The SMILES string of the molecule is CO[Si](CCCN1CCNC1)(OC)OC. The summed E-state index contributed by atoms with van der Waals surface area (Å²) in [4.78, 5) is 2.39. The standard InChI is InChI=1S/C9H22N2O3Si/c1-12-15(13-2,14-3)8-4-6-11-7-5-10-9-11/h10H,4-9H2,1-3H3. The molecule has 0 unspecified atom stereocenters. The summed E-state index contributed by atoms with van der Waals surface area (Å²) in [6.45, 7) is 4.32. The molecule has 0 bridgehead atoms. The Morgan fingerprint density at radius 2 is 1.87 bits per heavy atom. The van der Waals surface area contributed by atoms with Crippen molar-refractivity contribution >= 4 is 8.80 Å². The van der Waals surface area contributed by atoms with E-state index in [0.29, 0.717) is 0 Å². The quantitative estimate of drug-likeness (QED) is 0.634. The minimum absolute atomic E-state index is 0.882. The lowest BCUT2D eigenvalue weighted by atomic mass is 10.4. The highest BCUT2D eigenvalue weighted by Gasteiger charge is 2.37. The number of rotatable bonds is 7. The molecule has 0 atom stereocenters. The van der Waals surface area contributed by atoms with Crippen LogP contribution in [0.1, 0.15) is 6.42 Å². The maximum Gasteiger partial charge on any atom is 0.500 e. The molecule has 1 heterocycles. The largest absolute Gasteiger partial charge is 0.500 e. The zero-order valence-corrected chi connectivity index (χ0v) is 10.9. The number of nitrogens with one attached hydrogen (secondary N) is 1. The molecule has 0 aromatic rings. The Hall–Kier alpha value is 0.0169. The molecule has 90 valence electrons. The fourth-order valence-electron chi connectivity index (χ4n) is 1.82. The van der Waals surface area contributed by atoms with Gasteiger partial charge in [0.15, 0.2) is 0 Å². The van der Waals surface area contributed by atoms with E-state index in [0.717, 1.165) is 38.8 Å². The van der Waals surface area contributed by atoms with Crippen LogP contribution in [0.15, 0.2) is 0 Å². The predicted octanol–water partition coefficient (Wildman–Crippen LogP) is 0.117. The third-order valence-electron chi connectivity index (χ3n) is 2.83. The van der Waals surface area contributed by atoms with E-state index in [9.17, 15) is 0 Å². The van der Waals surface area contributed by atoms with Crippen molar-refractivity contribution in [1.82, 2.24) is 10.2 Å². The molecule has 15 heavy (non-hydrogen) atoms. The van der Waals surface area contributed by atoms with Crippen LogP contribution in [0.5, 0.6) is 0 Å². The second-order valence-electron chi connectivity index (χ2n) is 3.68. The Kier molecular flexibility index (Phi) is 5.73. The minimum Gasteiger partial charge on any atom is -0.377 e. The molecule has 0 spiro atoms. The molecule has 0 aliphatic carbocycles. The molecule has 1 aliphatic rings. The number of nitrogens with zero attached hydrogens (tertiary/aromatic N) is 1. The lowest BCUT2D eigenvalue weighted by Gasteiger charge is -2.25. The van der Waals surface area contributed by atoms with Crippen LogP contribution in [0.2, 0.25) is 6.04 Å². The van der Waals surface area contributed by atoms with Gasteiger partial charge in [-0.15, -0.1) is 0 Å². The molecular formula is C9H22N2O3Si. The van der Waals surface area contributed by atoms with Gasteiger partial charge in [0.05, 0.1) is 0 Å². The van der Waals surface area contributed by atoms with Gasteiger partial charge in [-0.2, -0.15) is 0 Å². The molecule has 1 saturated heterocycles. The summed E-state index contributed by atoms with van der Waals surface area (Å²) >= 11 is 0. The van der Waals surface area contributed by atoms with Gasteiger partial charge in [0.1, 0.15) is 0 Å². The zero-order valence-electron chi connectivity index (χ0n) is 9.91. The molecule has 1 aliphatic heterocycles. The lowest BCUT2D eigenvalue weighted by Crippen LogP contribution is -2.43. The van der Waals surface area contributed by atoms with Gasteiger partial charge < -0.3 is 18.6 Å². The van der Waals surface area contributed by atoms with Gasteiger partial charge in [-0.25, -0.2) is 0 Å². The smallest absolute Gasteiger partial charge is 0.377 e. The average Bonchev–Trinajstić information content (AvgIpc) is 2.78. The summed E-state index contributed by atoms with van der Waals surface area (Å²) in [5.41, 5.74) is 0. The second kappa shape index (κ2) is 6.57. The lowest BCUT2D eigenvalue weighted by molar-refractivity contribution is 0.121. The van der Waals surface area contributed by atoms with Crippen LogP contribution in [0.25, 0.3) is 0 Å². The summed E-state index contributed by atoms with van der Waals surface area (Å²) in [6.07, 6.45) is 1.06. The van der Waals surface area contributed by atoms with Crippen molar-refractivity contribution in [3.8, 4) is 0 Å². The van der Waals surface area contributed by atoms with Gasteiger partial charge in [0.25, 0.3) is 0 Å². The first-order valence-electron chi connectivity index (χ1n) is 5.35. The van der Waals surface area contributed by atoms with Gasteiger partial charge in [0.2, 0.25) is 0 Å². The first-order valence-corrected chi connectivity index (χ1v) is 7.28. The molecule has 1 rings (SSSR count). The van der Waals surface area contributed by atoms with Crippen molar-refractivity contribution in [1.29, 1.82) is 0 Å². The summed E-state index contributed by atoms with van der Waals surface area (Å²) < 4.78 is 16.1. The minimum atomic E-state index is -2.34.